The third-order valence-electron chi connectivity index (χ3n) is 3.63. The number of thiazole rings is 1. The number of nitrogens with zero attached hydrogens (tertiary/aromatic N) is 1. The van der Waals surface area contributed by atoms with Crippen molar-refractivity contribution in [3.63, 3.8) is 0 Å². The van der Waals surface area contributed by atoms with E-state index in [1.807, 2.05) is 0 Å². The van der Waals surface area contributed by atoms with Crippen molar-refractivity contribution in [1.29, 1.82) is 0 Å². The number of amides is 2. The number of aromatic nitrogens is 1. The van der Waals surface area contributed by atoms with E-state index in [9.17, 15) is 18.4 Å². The van der Waals surface area contributed by atoms with Gasteiger partial charge in [0, 0.05) is 18.2 Å². The summed E-state index contributed by atoms with van der Waals surface area (Å²) in [6, 6.07) is 9.67. The average molecular weight is 387 g/mol. The van der Waals surface area contributed by atoms with E-state index in [2.05, 4.69) is 15.6 Å². The summed E-state index contributed by atoms with van der Waals surface area (Å²) in [5.41, 5.74) is 1.48. The van der Waals surface area contributed by atoms with E-state index in [0.717, 1.165) is 17.4 Å². The second-order valence-corrected chi connectivity index (χ2v) is 6.77. The molecule has 3 aromatic rings. The van der Waals surface area contributed by atoms with Gasteiger partial charge in [0.1, 0.15) is 21.5 Å². The minimum Gasteiger partial charge on any atom is -0.326 e. The number of hydrogen-bond acceptors (Lipinski definition) is 4. The Kier molecular flexibility index (Phi) is 5.27. The minimum absolute atomic E-state index is 0.0533. The zero-order valence-electron chi connectivity index (χ0n) is 14.5. The Hall–Kier alpha value is -3.13. The first-order chi connectivity index (χ1) is 12.8. The molecule has 0 aliphatic rings. The fourth-order valence-electron chi connectivity index (χ4n) is 2.40. The number of hydrogen-bond donors (Lipinski definition) is 2. The Labute approximate surface area is 158 Å². The largest absolute Gasteiger partial charge is 0.326 e. The Balaban J connectivity index is 1.85. The van der Waals surface area contributed by atoms with Crippen molar-refractivity contribution < 1.29 is 18.4 Å². The molecule has 138 valence electrons. The van der Waals surface area contributed by atoms with Crippen LogP contribution >= 0.6 is 11.3 Å². The molecule has 2 amide bonds. The molecular weight excluding hydrogens is 372 g/mol. The summed E-state index contributed by atoms with van der Waals surface area (Å²) >= 11 is 1.13. The summed E-state index contributed by atoms with van der Waals surface area (Å²) in [5.74, 6) is -1.81. The highest BCUT2D eigenvalue weighted by Gasteiger charge is 2.18. The molecular formula is C19H15F2N3O2S. The maximum absolute atomic E-state index is 14.0. The fourth-order valence-corrected chi connectivity index (χ4v) is 3.37. The van der Waals surface area contributed by atoms with Crippen molar-refractivity contribution >= 4 is 34.5 Å². The van der Waals surface area contributed by atoms with Gasteiger partial charge in [-0.3, -0.25) is 9.59 Å². The summed E-state index contributed by atoms with van der Waals surface area (Å²) < 4.78 is 27.1. The van der Waals surface area contributed by atoms with Crippen LogP contribution in [0.3, 0.4) is 0 Å². The lowest BCUT2D eigenvalue weighted by Gasteiger charge is -2.08. The van der Waals surface area contributed by atoms with E-state index in [1.54, 1.807) is 19.1 Å². The number of nitrogens with one attached hydrogen (secondary N) is 2. The number of anilines is 2. The van der Waals surface area contributed by atoms with E-state index in [0.29, 0.717) is 26.8 Å². The number of halogens is 2. The van der Waals surface area contributed by atoms with Gasteiger partial charge in [-0.25, -0.2) is 13.8 Å². The molecule has 0 saturated heterocycles. The Bertz CT molecular complexity index is 1020. The smallest absolute Gasteiger partial charge is 0.267 e. The van der Waals surface area contributed by atoms with Crippen molar-refractivity contribution in [2.75, 3.05) is 10.6 Å². The summed E-state index contributed by atoms with van der Waals surface area (Å²) in [7, 11) is 0. The molecule has 27 heavy (non-hydrogen) atoms. The first-order valence-electron chi connectivity index (χ1n) is 7.95. The highest BCUT2D eigenvalue weighted by molar-refractivity contribution is 7.17. The molecule has 0 bridgehead atoms. The fraction of sp³-hybridized carbons (Fsp3) is 0.105. The molecule has 0 saturated carbocycles. The third kappa shape index (κ3) is 4.35. The van der Waals surface area contributed by atoms with Crippen LogP contribution < -0.4 is 10.6 Å². The summed E-state index contributed by atoms with van der Waals surface area (Å²) in [6.07, 6.45) is 0. The van der Waals surface area contributed by atoms with Crippen LogP contribution in [-0.4, -0.2) is 16.8 Å². The molecule has 0 aliphatic carbocycles. The maximum Gasteiger partial charge on any atom is 0.267 e. The molecule has 0 spiro atoms. The Morgan fingerprint density at radius 1 is 1.04 bits per heavy atom. The maximum atomic E-state index is 14.0. The molecule has 0 aliphatic heterocycles. The van der Waals surface area contributed by atoms with Crippen LogP contribution in [0.5, 0.6) is 0 Å². The molecule has 0 unspecified atom stereocenters. The number of carbonyl (C=O) groups excluding carboxylic acids is 2. The van der Waals surface area contributed by atoms with Crippen molar-refractivity contribution in [2.45, 2.75) is 13.8 Å². The highest BCUT2D eigenvalue weighted by atomic mass is 32.1. The first kappa shape index (κ1) is 18.7. The predicted molar refractivity (Wildman–Crippen MR) is 101 cm³/mol. The van der Waals surface area contributed by atoms with Gasteiger partial charge < -0.3 is 10.6 Å². The van der Waals surface area contributed by atoms with Gasteiger partial charge in [0.2, 0.25) is 5.91 Å². The molecule has 2 aromatic carbocycles. The molecule has 1 aromatic heterocycles. The molecule has 5 nitrogen and oxygen atoms in total. The average Bonchev–Trinajstić information content (AvgIpc) is 3.00. The summed E-state index contributed by atoms with van der Waals surface area (Å²) in [5, 5.41) is 5.59. The lowest BCUT2D eigenvalue weighted by molar-refractivity contribution is -0.114. The van der Waals surface area contributed by atoms with E-state index in [1.165, 1.54) is 31.2 Å². The van der Waals surface area contributed by atoms with Crippen LogP contribution in [0.1, 0.15) is 22.3 Å². The van der Waals surface area contributed by atoms with Crippen molar-refractivity contribution in [3.05, 3.63) is 64.7 Å². The standard InChI is InChI=1S/C19H15F2N3O2S/c1-10-17(27-19(22-10)12-3-5-13(20)6-4-12)18(26)24-16-9-14(23-11(2)25)7-8-15(16)21/h3-9H,1-2H3,(H,23,25)(H,24,26). The molecule has 3 rings (SSSR count). The van der Waals surface area contributed by atoms with Crippen LogP contribution in [0.15, 0.2) is 42.5 Å². The zero-order valence-corrected chi connectivity index (χ0v) is 15.3. The lowest BCUT2D eigenvalue weighted by atomic mass is 10.2. The van der Waals surface area contributed by atoms with Crippen LogP contribution in [0, 0.1) is 18.6 Å². The van der Waals surface area contributed by atoms with E-state index >= 15 is 0 Å². The molecule has 1 heterocycles. The predicted octanol–water partition coefficient (Wildman–Crippen LogP) is 4.61. The molecule has 0 fully saturated rings. The van der Waals surface area contributed by atoms with Gasteiger partial charge in [-0.2, -0.15) is 0 Å². The number of carbonyl (C=O) groups is 2. The van der Waals surface area contributed by atoms with Crippen LogP contribution in [0.25, 0.3) is 10.6 Å². The highest BCUT2D eigenvalue weighted by Crippen LogP contribution is 2.29. The summed E-state index contributed by atoms with van der Waals surface area (Å²) in [4.78, 5) is 28.4. The monoisotopic (exact) mass is 387 g/mol. The molecule has 8 heteroatoms. The van der Waals surface area contributed by atoms with Crippen LogP contribution in [0.4, 0.5) is 20.2 Å². The van der Waals surface area contributed by atoms with Gasteiger partial charge in [-0.15, -0.1) is 11.3 Å². The Morgan fingerprint density at radius 2 is 1.74 bits per heavy atom. The summed E-state index contributed by atoms with van der Waals surface area (Å²) in [6.45, 7) is 3.00. The second-order valence-electron chi connectivity index (χ2n) is 5.77. The van der Waals surface area contributed by atoms with Gasteiger partial charge in [0.05, 0.1) is 11.4 Å². The topological polar surface area (TPSA) is 71.1 Å². The van der Waals surface area contributed by atoms with Crippen molar-refractivity contribution in [2.24, 2.45) is 0 Å². The van der Waals surface area contributed by atoms with Crippen molar-refractivity contribution in [3.8, 4) is 10.6 Å². The number of rotatable bonds is 4. The SMILES string of the molecule is CC(=O)Nc1ccc(F)c(NC(=O)c2sc(-c3ccc(F)cc3)nc2C)c1. The van der Waals surface area contributed by atoms with Crippen LogP contribution in [0.2, 0.25) is 0 Å². The minimum atomic E-state index is -0.627. The lowest BCUT2D eigenvalue weighted by Crippen LogP contribution is -2.13. The third-order valence-corrected chi connectivity index (χ3v) is 4.83. The van der Waals surface area contributed by atoms with Crippen molar-refractivity contribution in [1.82, 2.24) is 4.98 Å². The van der Waals surface area contributed by atoms with Gasteiger partial charge in [-0.1, -0.05) is 0 Å². The molecule has 2 N–H and O–H groups in total. The van der Waals surface area contributed by atoms with Gasteiger partial charge in [-0.05, 0) is 49.4 Å². The van der Waals surface area contributed by atoms with Gasteiger partial charge >= 0.3 is 0 Å². The molecule has 0 radical (unpaired) electrons. The second kappa shape index (κ2) is 7.63. The number of aryl methyl sites for hydroxylation is 1. The van der Waals surface area contributed by atoms with Gasteiger partial charge in [0.25, 0.3) is 5.91 Å². The zero-order chi connectivity index (χ0) is 19.6. The van der Waals surface area contributed by atoms with E-state index in [4.69, 9.17) is 0 Å². The van der Waals surface area contributed by atoms with Crippen LogP contribution in [-0.2, 0) is 4.79 Å². The Morgan fingerprint density at radius 3 is 2.41 bits per heavy atom. The van der Waals surface area contributed by atoms with E-state index < -0.39 is 11.7 Å². The quantitative estimate of drug-likeness (QED) is 0.687. The molecule has 0 atom stereocenters. The normalized spacial score (nSPS) is 10.5. The first-order valence-corrected chi connectivity index (χ1v) is 8.77. The van der Waals surface area contributed by atoms with Gasteiger partial charge in [0.15, 0.2) is 0 Å². The number of benzene rings is 2. The van der Waals surface area contributed by atoms with E-state index in [-0.39, 0.29) is 17.4 Å².